The van der Waals surface area contributed by atoms with Crippen LogP contribution in [0.3, 0.4) is 0 Å². The molecule has 1 atom stereocenters. The number of hydrogen-bond donors (Lipinski definition) is 2. The number of carbonyl (C=O) groups excluding carboxylic acids is 3. The van der Waals surface area contributed by atoms with Crippen molar-refractivity contribution in [3.63, 3.8) is 0 Å². The van der Waals surface area contributed by atoms with E-state index in [1.165, 1.54) is 0 Å². The molecule has 0 bridgehead atoms. The van der Waals surface area contributed by atoms with Gasteiger partial charge in [0.25, 0.3) is 5.91 Å². The van der Waals surface area contributed by atoms with E-state index < -0.39 is 5.92 Å². The standard InChI is InChI=1S/C27H27N3O5/c1-34-21-12-10-20(11-13-21)30-17-19(15-25(30)31)26(32)29-24-9-4-3-8-23(24)27(33)28-16-18-6-5-7-22(14-18)35-2/h3-14,19H,15-17H2,1-2H3,(H,28,33)(H,29,32)/t19-/m0/s1. The van der Waals surface area contributed by atoms with Crippen LogP contribution < -0.4 is 25.0 Å². The number of ether oxygens (including phenoxy) is 2. The van der Waals surface area contributed by atoms with E-state index in [0.717, 1.165) is 5.56 Å². The topological polar surface area (TPSA) is 97.0 Å². The van der Waals surface area contributed by atoms with Gasteiger partial charge in [0.2, 0.25) is 11.8 Å². The van der Waals surface area contributed by atoms with Crippen LogP contribution in [0.25, 0.3) is 0 Å². The fraction of sp³-hybridized carbons (Fsp3) is 0.222. The molecule has 0 aromatic heterocycles. The number of nitrogens with one attached hydrogen (secondary N) is 2. The van der Waals surface area contributed by atoms with Crippen molar-refractivity contribution in [2.45, 2.75) is 13.0 Å². The highest BCUT2D eigenvalue weighted by atomic mass is 16.5. The lowest BCUT2D eigenvalue weighted by Crippen LogP contribution is -2.29. The number of nitrogens with zero attached hydrogens (tertiary/aromatic N) is 1. The van der Waals surface area contributed by atoms with Gasteiger partial charge < -0.3 is 25.0 Å². The van der Waals surface area contributed by atoms with Gasteiger partial charge in [-0.1, -0.05) is 24.3 Å². The Balaban J connectivity index is 1.40. The minimum Gasteiger partial charge on any atom is -0.497 e. The first kappa shape index (κ1) is 23.8. The van der Waals surface area contributed by atoms with Crippen LogP contribution in [-0.4, -0.2) is 38.5 Å². The van der Waals surface area contributed by atoms with E-state index in [1.54, 1.807) is 67.7 Å². The van der Waals surface area contributed by atoms with E-state index in [-0.39, 0.29) is 30.7 Å². The minimum absolute atomic E-state index is 0.0993. The molecule has 0 spiro atoms. The highest BCUT2D eigenvalue weighted by molar-refractivity contribution is 6.07. The summed E-state index contributed by atoms with van der Waals surface area (Å²) in [5.41, 5.74) is 2.35. The van der Waals surface area contributed by atoms with Gasteiger partial charge >= 0.3 is 0 Å². The molecule has 1 fully saturated rings. The first-order valence-electron chi connectivity index (χ1n) is 11.2. The average Bonchev–Trinajstić information content (AvgIpc) is 3.29. The molecule has 0 unspecified atom stereocenters. The SMILES string of the molecule is COc1ccc(N2C[C@@H](C(=O)Nc3ccccc3C(=O)NCc3cccc(OC)c3)CC2=O)cc1. The molecule has 180 valence electrons. The van der Waals surface area contributed by atoms with Gasteiger partial charge in [-0.25, -0.2) is 0 Å². The minimum atomic E-state index is -0.530. The van der Waals surface area contributed by atoms with Crippen LogP contribution in [0, 0.1) is 5.92 Å². The van der Waals surface area contributed by atoms with Gasteiger partial charge in [0, 0.05) is 25.2 Å². The van der Waals surface area contributed by atoms with E-state index >= 15 is 0 Å². The Morgan fingerprint density at radius 1 is 0.943 bits per heavy atom. The third-order valence-corrected chi connectivity index (χ3v) is 5.90. The van der Waals surface area contributed by atoms with Crippen LogP contribution in [-0.2, 0) is 16.1 Å². The molecule has 35 heavy (non-hydrogen) atoms. The second-order valence-electron chi connectivity index (χ2n) is 8.17. The highest BCUT2D eigenvalue weighted by Crippen LogP contribution is 2.28. The monoisotopic (exact) mass is 473 g/mol. The Hall–Kier alpha value is -4.33. The van der Waals surface area contributed by atoms with Crippen LogP contribution in [0.2, 0.25) is 0 Å². The molecule has 1 aliphatic heterocycles. The van der Waals surface area contributed by atoms with Crippen molar-refractivity contribution < 1.29 is 23.9 Å². The molecule has 1 heterocycles. The summed E-state index contributed by atoms with van der Waals surface area (Å²) < 4.78 is 10.4. The van der Waals surface area contributed by atoms with Crippen LogP contribution in [0.4, 0.5) is 11.4 Å². The molecular formula is C27H27N3O5. The number of benzene rings is 3. The maximum atomic E-state index is 13.0. The van der Waals surface area contributed by atoms with Gasteiger partial charge in [-0.15, -0.1) is 0 Å². The lowest BCUT2D eigenvalue weighted by molar-refractivity contribution is -0.122. The Labute approximate surface area is 203 Å². The molecule has 3 aromatic rings. The summed E-state index contributed by atoms with van der Waals surface area (Å²) in [7, 11) is 3.16. The zero-order valence-corrected chi connectivity index (χ0v) is 19.6. The highest BCUT2D eigenvalue weighted by Gasteiger charge is 2.35. The summed E-state index contributed by atoms with van der Waals surface area (Å²) in [5.74, 6) is 0.126. The first-order valence-corrected chi connectivity index (χ1v) is 11.2. The quantitative estimate of drug-likeness (QED) is 0.521. The Morgan fingerprint density at radius 3 is 2.43 bits per heavy atom. The van der Waals surface area contributed by atoms with Gasteiger partial charge in [-0.2, -0.15) is 0 Å². The molecule has 0 saturated carbocycles. The van der Waals surface area contributed by atoms with E-state index in [0.29, 0.717) is 35.0 Å². The Kier molecular flexibility index (Phi) is 7.30. The lowest BCUT2D eigenvalue weighted by Gasteiger charge is -2.17. The molecule has 1 aliphatic rings. The molecule has 8 nitrogen and oxygen atoms in total. The summed E-state index contributed by atoms with van der Waals surface area (Å²) in [6.45, 7) is 0.577. The van der Waals surface area contributed by atoms with Crippen molar-refractivity contribution >= 4 is 29.1 Å². The number of methoxy groups -OCH3 is 2. The summed E-state index contributed by atoms with van der Waals surface area (Å²) in [6.07, 6.45) is 0.0993. The fourth-order valence-electron chi connectivity index (χ4n) is 3.98. The fourth-order valence-corrected chi connectivity index (χ4v) is 3.98. The second-order valence-corrected chi connectivity index (χ2v) is 8.17. The van der Waals surface area contributed by atoms with Crippen molar-refractivity contribution in [2.24, 2.45) is 5.92 Å². The Bertz CT molecular complexity index is 1230. The largest absolute Gasteiger partial charge is 0.497 e. The number of hydrogen-bond acceptors (Lipinski definition) is 5. The van der Waals surface area contributed by atoms with Gasteiger partial charge in [0.15, 0.2) is 0 Å². The summed E-state index contributed by atoms with van der Waals surface area (Å²) in [4.78, 5) is 40.1. The van der Waals surface area contributed by atoms with Crippen LogP contribution in [0.1, 0.15) is 22.3 Å². The van der Waals surface area contributed by atoms with Crippen molar-refractivity contribution in [2.75, 3.05) is 31.0 Å². The lowest BCUT2D eigenvalue weighted by atomic mass is 10.1. The molecule has 3 aromatic carbocycles. The van der Waals surface area contributed by atoms with Crippen LogP contribution >= 0.6 is 0 Å². The molecule has 4 rings (SSSR count). The van der Waals surface area contributed by atoms with Crippen molar-refractivity contribution in [1.82, 2.24) is 5.32 Å². The van der Waals surface area contributed by atoms with E-state index in [4.69, 9.17) is 9.47 Å². The average molecular weight is 474 g/mol. The summed E-state index contributed by atoms with van der Waals surface area (Å²) in [6, 6.07) is 21.4. The number of para-hydroxylation sites is 1. The third kappa shape index (κ3) is 5.60. The predicted octanol–water partition coefficient (Wildman–Crippen LogP) is 3.63. The molecular weight excluding hydrogens is 446 g/mol. The smallest absolute Gasteiger partial charge is 0.253 e. The number of rotatable bonds is 8. The third-order valence-electron chi connectivity index (χ3n) is 5.90. The van der Waals surface area contributed by atoms with Crippen molar-refractivity contribution in [1.29, 1.82) is 0 Å². The molecule has 1 saturated heterocycles. The zero-order chi connectivity index (χ0) is 24.8. The van der Waals surface area contributed by atoms with Gasteiger partial charge in [0.1, 0.15) is 11.5 Å². The molecule has 8 heteroatoms. The van der Waals surface area contributed by atoms with Crippen molar-refractivity contribution in [3.05, 3.63) is 83.9 Å². The van der Waals surface area contributed by atoms with E-state index in [2.05, 4.69) is 10.6 Å². The maximum absolute atomic E-state index is 13.0. The second kappa shape index (κ2) is 10.7. The number of carbonyl (C=O) groups is 3. The Morgan fingerprint density at radius 2 is 1.69 bits per heavy atom. The first-order chi connectivity index (χ1) is 17.0. The van der Waals surface area contributed by atoms with Crippen LogP contribution in [0.15, 0.2) is 72.8 Å². The van der Waals surface area contributed by atoms with Crippen molar-refractivity contribution in [3.8, 4) is 11.5 Å². The van der Waals surface area contributed by atoms with Gasteiger partial charge in [-0.05, 0) is 54.1 Å². The normalized spacial score (nSPS) is 15.0. The number of amides is 3. The van der Waals surface area contributed by atoms with Gasteiger partial charge in [0.05, 0.1) is 31.4 Å². The predicted molar refractivity (Wildman–Crippen MR) is 133 cm³/mol. The molecule has 0 aliphatic carbocycles. The van der Waals surface area contributed by atoms with E-state index in [1.807, 2.05) is 24.3 Å². The van der Waals surface area contributed by atoms with E-state index in [9.17, 15) is 14.4 Å². The molecule has 2 N–H and O–H groups in total. The summed E-state index contributed by atoms with van der Waals surface area (Å²) >= 11 is 0. The molecule has 3 amide bonds. The number of anilines is 2. The maximum Gasteiger partial charge on any atom is 0.253 e. The van der Waals surface area contributed by atoms with Gasteiger partial charge in [-0.3, -0.25) is 14.4 Å². The van der Waals surface area contributed by atoms with Crippen LogP contribution in [0.5, 0.6) is 11.5 Å². The zero-order valence-electron chi connectivity index (χ0n) is 19.6. The molecule has 0 radical (unpaired) electrons. The summed E-state index contributed by atoms with van der Waals surface area (Å²) in [5, 5.41) is 5.72.